The summed E-state index contributed by atoms with van der Waals surface area (Å²) in [7, 11) is 1.74. The van der Waals surface area contributed by atoms with Crippen LogP contribution in [0, 0.1) is 6.92 Å². The Balaban J connectivity index is 1.75. The molecular weight excluding hydrogens is 359 g/mol. The van der Waals surface area contributed by atoms with Crippen molar-refractivity contribution in [3.05, 3.63) is 52.8 Å². The Labute approximate surface area is 152 Å². The molecule has 0 spiro atoms. The van der Waals surface area contributed by atoms with Crippen molar-refractivity contribution < 1.29 is 22.7 Å². The minimum Gasteiger partial charge on any atom is -0.423 e. The van der Waals surface area contributed by atoms with Gasteiger partial charge in [-0.25, -0.2) is 9.78 Å². The van der Waals surface area contributed by atoms with Gasteiger partial charge in [0.15, 0.2) is 5.65 Å². The van der Waals surface area contributed by atoms with Gasteiger partial charge in [0.25, 0.3) is 0 Å². The summed E-state index contributed by atoms with van der Waals surface area (Å²) in [5.74, 6) is -0.584. The third-order valence-corrected chi connectivity index (χ3v) is 4.58. The van der Waals surface area contributed by atoms with E-state index in [1.54, 1.807) is 24.7 Å². The first kappa shape index (κ1) is 17.5. The van der Waals surface area contributed by atoms with Crippen molar-refractivity contribution in [3.8, 4) is 5.75 Å². The number of halogens is 3. The molecule has 1 aliphatic rings. The first-order valence-corrected chi connectivity index (χ1v) is 8.47. The van der Waals surface area contributed by atoms with Crippen LogP contribution in [0.25, 0.3) is 11.0 Å². The number of nitrogens with zero attached hydrogens (tertiary/aromatic N) is 3. The lowest BCUT2D eigenvalue weighted by Gasteiger charge is -2.10. The lowest BCUT2D eigenvalue weighted by atomic mass is 10.1. The van der Waals surface area contributed by atoms with Gasteiger partial charge >= 0.3 is 12.1 Å². The minimum absolute atomic E-state index is 0.158. The van der Waals surface area contributed by atoms with Crippen molar-refractivity contribution in [2.24, 2.45) is 7.05 Å². The van der Waals surface area contributed by atoms with Crippen LogP contribution in [0.5, 0.6) is 5.75 Å². The topological polar surface area (TPSA) is 57.0 Å². The molecule has 3 aromatic rings. The average molecular weight is 375 g/mol. The van der Waals surface area contributed by atoms with Crippen LogP contribution in [0.4, 0.5) is 13.2 Å². The third kappa shape index (κ3) is 3.27. The summed E-state index contributed by atoms with van der Waals surface area (Å²) in [5, 5.41) is 4.86. The molecule has 0 N–H and O–H groups in total. The second kappa shape index (κ2) is 6.07. The standard InChI is InChI=1S/C19H16F3N3O2/c1-10-16-14(9-15(11-6-7-11)23-17(16)25(2)24-10)18(26)27-13-5-3-4-12(8-13)19(20,21)22/h3-5,8-9,11H,6-7H2,1-2H3. The van der Waals surface area contributed by atoms with Gasteiger partial charge in [-0.3, -0.25) is 4.68 Å². The van der Waals surface area contributed by atoms with Gasteiger partial charge in [-0.05, 0) is 44.0 Å². The van der Waals surface area contributed by atoms with E-state index in [0.717, 1.165) is 30.7 Å². The molecule has 27 heavy (non-hydrogen) atoms. The molecular formula is C19H16F3N3O2. The molecule has 1 fully saturated rings. The lowest BCUT2D eigenvalue weighted by molar-refractivity contribution is -0.137. The van der Waals surface area contributed by atoms with E-state index in [1.807, 2.05) is 0 Å². The van der Waals surface area contributed by atoms with Crippen LogP contribution < -0.4 is 4.74 Å². The second-order valence-corrected chi connectivity index (χ2v) is 6.69. The monoisotopic (exact) mass is 375 g/mol. The fourth-order valence-corrected chi connectivity index (χ4v) is 3.11. The molecule has 1 saturated carbocycles. The number of hydrogen-bond donors (Lipinski definition) is 0. The number of alkyl halides is 3. The Morgan fingerprint density at radius 2 is 2.00 bits per heavy atom. The van der Waals surface area contributed by atoms with Crippen molar-refractivity contribution in [3.63, 3.8) is 0 Å². The number of carbonyl (C=O) groups is 1. The van der Waals surface area contributed by atoms with Gasteiger partial charge in [0, 0.05) is 18.7 Å². The average Bonchev–Trinajstić information content (AvgIpc) is 3.41. The first-order valence-electron chi connectivity index (χ1n) is 8.47. The summed E-state index contributed by atoms with van der Waals surface area (Å²) >= 11 is 0. The Kier molecular flexibility index (Phi) is 3.94. The minimum atomic E-state index is -4.51. The van der Waals surface area contributed by atoms with Crippen molar-refractivity contribution in [2.45, 2.75) is 31.9 Å². The SMILES string of the molecule is Cc1nn(C)c2nc(C3CC3)cc(C(=O)Oc3cccc(C(F)(F)F)c3)c12. The fourth-order valence-electron chi connectivity index (χ4n) is 3.11. The normalized spacial score (nSPS) is 14.6. The molecule has 0 bridgehead atoms. The van der Waals surface area contributed by atoms with Crippen molar-refractivity contribution in [2.75, 3.05) is 0 Å². The zero-order valence-corrected chi connectivity index (χ0v) is 14.7. The summed E-state index contributed by atoms with van der Waals surface area (Å²) in [6.07, 6.45) is -2.51. The first-order chi connectivity index (χ1) is 12.7. The zero-order valence-electron chi connectivity index (χ0n) is 14.7. The van der Waals surface area contributed by atoms with Crippen LogP contribution in [0.1, 0.15) is 46.1 Å². The van der Waals surface area contributed by atoms with E-state index >= 15 is 0 Å². The zero-order chi connectivity index (χ0) is 19.3. The molecule has 2 heterocycles. The molecule has 0 radical (unpaired) electrons. The van der Waals surface area contributed by atoms with Crippen LogP contribution >= 0.6 is 0 Å². The van der Waals surface area contributed by atoms with Gasteiger partial charge in [0.1, 0.15) is 5.75 Å². The van der Waals surface area contributed by atoms with Gasteiger partial charge in [0.05, 0.1) is 22.2 Å². The molecule has 0 amide bonds. The maximum absolute atomic E-state index is 12.9. The Morgan fingerprint density at radius 1 is 1.26 bits per heavy atom. The summed E-state index contributed by atoms with van der Waals surface area (Å²) in [6, 6.07) is 5.94. The van der Waals surface area contributed by atoms with E-state index in [9.17, 15) is 18.0 Å². The molecule has 5 nitrogen and oxygen atoms in total. The van der Waals surface area contributed by atoms with Crippen molar-refractivity contribution in [1.29, 1.82) is 0 Å². The van der Waals surface area contributed by atoms with Gasteiger partial charge in [-0.1, -0.05) is 6.07 Å². The number of fused-ring (bicyclic) bond motifs is 1. The van der Waals surface area contributed by atoms with E-state index in [4.69, 9.17) is 4.74 Å². The van der Waals surface area contributed by atoms with Crippen LogP contribution in [0.3, 0.4) is 0 Å². The maximum Gasteiger partial charge on any atom is 0.416 e. The van der Waals surface area contributed by atoms with E-state index in [-0.39, 0.29) is 11.3 Å². The molecule has 0 atom stereocenters. The summed E-state index contributed by atoms with van der Waals surface area (Å²) in [4.78, 5) is 17.4. The number of hydrogen-bond acceptors (Lipinski definition) is 4. The van der Waals surface area contributed by atoms with E-state index < -0.39 is 17.7 Å². The number of aromatic nitrogens is 3. The number of esters is 1. The number of rotatable bonds is 3. The molecule has 140 valence electrons. The number of pyridine rings is 1. The molecule has 0 aliphatic heterocycles. The van der Waals surface area contributed by atoms with Crippen molar-refractivity contribution in [1.82, 2.24) is 14.8 Å². The highest BCUT2D eigenvalue weighted by atomic mass is 19.4. The number of benzene rings is 1. The molecule has 0 unspecified atom stereocenters. The Hall–Kier alpha value is -2.90. The van der Waals surface area contributed by atoms with Gasteiger partial charge < -0.3 is 4.74 Å². The highest BCUT2D eigenvalue weighted by Gasteiger charge is 2.31. The highest BCUT2D eigenvalue weighted by Crippen LogP contribution is 2.40. The predicted octanol–water partition coefficient (Wildman–Crippen LogP) is 4.39. The number of ether oxygens (including phenoxy) is 1. The van der Waals surface area contributed by atoms with Crippen molar-refractivity contribution >= 4 is 17.0 Å². The Morgan fingerprint density at radius 3 is 2.67 bits per heavy atom. The van der Waals surface area contributed by atoms with Crippen LogP contribution in [-0.2, 0) is 13.2 Å². The summed E-state index contributed by atoms with van der Waals surface area (Å²) in [5.41, 5.74) is 1.35. The lowest BCUT2D eigenvalue weighted by Crippen LogP contribution is -2.12. The second-order valence-electron chi connectivity index (χ2n) is 6.69. The molecule has 8 heteroatoms. The maximum atomic E-state index is 12.9. The smallest absolute Gasteiger partial charge is 0.416 e. The van der Waals surface area contributed by atoms with E-state index in [0.29, 0.717) is 22.6 Å². The van der Waals surface area contributed by atoms with Crippen LogP contribution in [-0.4, -0.2) is 20.7 Å². The van der Waals surface area contributed by atoms with Gasteiger partial charge in [-0.15, -0.1) is 0 Å². The van der Waals surface area contributed by atoms with Gasteiger partial charge in [-0.2, -0.15) is 18.3 Å². The van der Waals surface area contributed by atoms with E-state index in [2.05, 4.69) is 10.1 Å². The fraction of sp³-hybridized carbons (Fsp3) is 0.316. The quantitative estimate of drug-likeness (QED) is 0.503. The number of carbonyl (C=O) groups excluding carboxylic acids is 1. The molecule has 4 rings (SSSR count). The molecule has 0 saturated heterocycles. The molecule has 2 aromatic heterocycles. The number of aryl methyl sites for hydroxylation is 2. The van der Waals surface area contributed by atoms with Gasteiger partial charge in [0.2, 0.25) is 0 Å². The van der Waals surface area contributed by atoms with Crippen LogP contribution in [0.2, 0.25) is 0 Å². The summed E-state index contributed by atoms with van der Waals surface area (Å²) in [6.45, 7) is 1.75. The largest absolute Gasteiger partial charge is 0.423 e. The third-order valence-electron chi connectivity index (χ3n) is 4.58. The Bertz CT molecular complexity index is 1050. The van der Waals surface area contributed by atoms with E-state index in [1.165, 1.54) is 12.1 Å². The molecule has 1 aromatic carbocycles. The van der Waals surface area contributed by atoms with Crippen LogP contribution in [0.15, 0.2) is 30.3 Å². The summed E-state index contributed by atoms with van der Waals surface area (Å²) < 4.78 is 45.5. The predicted molar refractivity (Wildman–Crippen MR) is 91.6 cm³/mol. The molecule has 1 aliphatic carbocycles. The highest BCUT2D eigenvalue weighted by molar-refractivity contribution is 6.04.